The third-order valence-corrected chi connectivity index (χ3v) is 2.94. The van der Waals surface area contributed by atoms with E-state index >= 15 is 0 Å². The van der Waals surface area contributed by atoms with Crippen LogP contribution in [0.1, 0.15) is 0 Å². The summed E-state index contributed by atoms with van der Waals surface area (Å²) in [6.07, 6.45) is -14.0. The first-order chi connectivity index (χ1) is 9.16. The maximum atomic E-state index is 13.6. The van der Waals surface area contributed by atoms with Crippen LogP contribution in [0, 0.1) is 5.92 Å². The molecule has 1 aliphatic rings. The van der Waals surface area contributed by atoms with E-state index in [-0.39, 0.29) is 0 Å². The largest absolute Gasteiger partial charge is 0.437 e. The maximum Gasteiger partial charge on any atom is 0.437 e. The van der Waals surface area contributed by atoms with E-state index in [4.69, 9.17) is 0 Å². The summed E-state index contributed by atoms with van der Waals surface area (Å²) in [4.78, 5) is 11.1. The van der Waals surface area contributed by atoms with Gasteiger partial charge in [0, 0.05) is 6.54 Å². The first-order valence-corrected chi connectivity index (χ1v) is 5.36. The molecule has 122 valence electrons. The second-order valence-electron chi connectivity index (χ2n) is 4.03. The molecule has 0 aromatic carbocycles. The van der Waals surface area contributed by atoms with Crippen LogP contribution >= 0.6 is 12.2 Å². The molecule has 0 aliphatic carbocycles. The van der Waals surface area contributed by atoms with Crippen LogP contribution in [0.3, 0.4) is 0 Å². The maximum absolute atomic E-state index is 13.6. The molecule has 1 heterocycles. The monoisotopic (exact) mass is 348 g/mol. The quantitative estimate of drug-likeness (QED) is 0.593. The molecule has 1 aliphatic heterocycles. The van der Waals surface area contributed by atoms with Gasteiger partial charge < -0.3 is 10.6 Å². The van der Waals surface area contributed by atoms with E-state index in [1.54, 1.807) is 5.32 Å². The SMILES string of the molecule is O=C1NC(=S)NCC1C(F)(F)C(F)(C(F)(F)F)C(F)(F)F. The minimum absolute atomic E-state index is 0.574. The molecular formula is C8H5F9N2OS. The van der Waals surface area contributed by atoms with Crippen LogP contribution in [-0.2, 0) is 4.79 Å². The number of carbonyl (C=O) groups excluding carboxylic acids is 1. The Morgan fingerprint density at radius 2 is 1.38 bits per heavy atom. The molecule has 0 spiro atoms. The van der Waals surface area contributed by atoms with E-state index in [0.717, 1.165) is 0 Å². The molecule has 1 saturated heterocycles. The van der Waals surface area contributed by atoms with Crippen molar-refractivity contribution in [3.63, 3.8) is 0 Å². The van der Waals surface area contributed by atoms with E-state index in [9.17, 15) is 44.3 Å². The zero-order chi connectivity index (χ0) is 16.9. The molecule has 1 unspecified atom stereocenters. The minimum Gasteiger partial charge on any atom is -0.361 e. The molecule has 0 aromatic rings. The highest BCUT2D eigenvalue weighted by atomic mass is 32.1. The summed E-state index contributed by atoms with van der Waals surface area (Å²) in [5.74, 6) is -11.3. The highest BCUT2D eigenvalue weighted by molar-refractivity contribution is 7.80. The van der Waals surface area contributed by atoms with Gasteiger partial charge in [-0.2, -0.15) is 26.3 Å². The average Bonchev–Trinajstić information content (AvgIpc) is 2.23. The summed E-state index contributed by atoms with van der Waals surface area (Å²) in [5.41, 5.74) is -6.88. The smallest absolute Gasteiger partial charge is 0.361 e. The first kappa shape index (κ1) is 17.8. The summed E-state index contributed by atoms with van der Waals surface area (Å²) in [6.45, 7) is -1.38. The van der Waals surface area contributed by atoms with Crippen LogP contribution in [0.15, 0.2) is 0 Å². The van der Waals surface area contributed by atoms with Crippen LogP contribution in [0.25, 0.3) is 0 Å². The third kappa shape index (κ3) is 2.62. The second kappa shape index (κ2) is 4.88. The summed E-state index contributed by atoms with van der Waals surface area (Å²) >= 11 is 4.27. The number of carbonyl (C=O) groups is 1. The molecule has 21 heavy (non-hydrogen) atoms. The zero-order valence-electron chi connectivity index (χ0n) is 9.50. The standard InChI is InChI=1S/C8H5F9N2OS/c9-5(10,2-1-18-4(21)19-3(2)20)6(11,7(12,13)14)8(15,16)17/h2H,1H2,(H2,18,19,20,21). The predicted molar refractivity (Wildman–Crippen MR) is 53.1 cm³/mol. The number of alkyl halides is 9. The fourth-order valence-corrected chi connectivity index (χ4v) is 1.79. The fraction of sp³-hybridized carbons (Fsp3) is 0.750. The number of halogens is 9. The van der Waals surface area contributed by atoms with Crippen LogP contribution in [-0.4, -0.2) is 41.5 Å². The Labute approximate surface area is 115 Å². The van der Waals surface area contributed by atoms with Crippen molar-refractivity contribution in [2.24, 2.45) is 5.92 Å². The van der Waals surface area contributed by atoms with Crippen LogP contribution < -0.4 is 10.6 Å². The van der Waals surface area contributed by atoms with Gasteiger partial charge in [-0.1, -0.05) is 0 Å². The van der Waals surface area contributed by atoms with Gasteiger partial charge in [0.25, 0.3) is 0 Å². The summed E-state index contributed by atoms with van der Waals surface area (Å²) < 4.78 is 114. The zero-order valence-corrected chi connectivity index (χ0v) is 10.3. The topological polar surface area (TPSA) is 41.1 Å². The Kier molecular flexibility index (Phi) is 4.13. The van der Waals surface area contributed by atoms with Crippen molar-refractivity contribution < 1.29 is 44.3 Å². The van der Waals surface area contributed by atoms with Gasteiger partial charge in [0.15, 0.2) is 5.11 Å². The highest BCUT2D eigenvalue weighted by Gasteiger charge is 2.86. The van der Waals surface area contributed by atoms with Gasteiger partial charge in [0.1, 0.15) is 5.92 Å². The highest BCUT2D eigenvalue weighted by Crippen LogP contribution is 2.57. The Bertz CT molecular complexity index is 444. The molecule has 0 saturated carbocycles. The van der Waals surface area contributed by atoms with Gasteiger partial charge in [-0.05, 0) is 12.2 Å². The van der Waals surface area contributed by atoms with Crippen molar-refractivity contribution in [3.05, 3.63) is 0 Å². The molecule has 0 bridgehead atoms. The molecule has 1 fully saturated rings. The lowest BCUT2D eigenvalue weighted by molar-refractivity contribution is -0.402. The number of hydrogen-bond acceptors (Lipinski definition) is 2. The van der Waals surface area contributed by atoms with Crippen molar-refractivity contribution in [3.8, 4) is 0 Å². The molecule has 0 aromatic heterocycles. The lowest BCUT2D eigenvalue weighted by Crippen LogP contribution is -2.71. The van der Waals surface area contributed by atoms with Gasteiger partial charge in [0.2, 0.25) is 5.91 Å². The molecule has 2 N–H and O–H groups in total. The van der Waals surface area contributed by atoms with Crippen molar-refractivity contribution in [2.75, 3.05) is 6.54 Å². The van der Waals surface area contributed by atoms with E-state index in [2.05, 4.69) is 12.2 Å². The third-order valence-electron chi connectivity index (χ3n) is 2.70. The molecule has 3 nitrogen and oxygen atoms in total. The summed E-state index contributed by atoms with van der Waals surface area (Å²) in [7, 11) is 0. The van der Waals surface area contributed by atoms with Crippen molar-refractivity contribution in [1.29, 1.82) is 0 Å². The van der Waals surface area contributed by atoms with Gasteiger partial charge in [0.05, 0.1) is 0 Å². The molecule has 1 rings (SSSR count). The predicted octanol–water partition coefficient (Wildman–Crippen LogP) is 2.08. The van der Waals surface area contributed by atoms with Gasteiger partial charge in [-0.3, -0.25) is 4.79 Å². The molecular weight excluding hydrogens is 343 g/mol. The van der Waals surface area contributed by atoms with Crippen LogP contribution in [0.2, 0.25) is 0 Å². The van der Waals surface area contributed by atoms with E-state index in [1.807, 2.05) is 0 Å². The number of nitrogens with one attached hydrogen (secondary N) is 2. The fourth-order valence-electron chi connectivity index (χ4n) is 1.60. The number of amides is 1. The van der Waals surface area contributed by atoms with E-state index < -0.39 is 47.4 Å². The second-order valence-corrected chi connectivity index (χ2v) is 4.44. The molecule has 1 atom stereocenters. The van der Waals surface area contributed by atoms with Crippen molar-refractivity contribution in [1.82, 2.24) is 10.6 Å². The van der Waals surface area contributed by atoms with Gasteiger partial charge in [-0.25, -0.2) is 13.2 Å². The Morgan fingerprint density at radius 3 is 1.71 bits per heavy atom. The van der Waals surface area contributed by atoms with Gasteiger partial charge in [-0.15, -0.1) is 0 Å². The Hall–Kier alpha value is -1.27. The molecule has 13 heteroatoms. The van der Waals surface area contributed by atoms with Crippen molar-refractivity contribution >= 4 is 23.2 Å². The first-order valence-electron chi connectivity index (χ1n) is 4.95. The number of rotatable bonds is 2. The summed E-state index contributed by atoms with van der Waals surface area (Å²) in [5, 5.41) is 2.60. The average molecular weight is 348 g/mol. The molecule has 0 radical (unpaired) electrons. The Balaban J connectivity index is 3.36. The lowest BCUT2D eigenvalue weighted by Gasteiger charge is -2.40. The van der Waals surface area contributed by atoms with Crippen LogP contribution in [0.4, 0.5) is 39.5 Å². The lowest BCUT2D eigenvalue weighted by atomic mass is 9.84. The number of hydrogen-bond donors (Lipinski definition) is 2. The normalized spacial score (nSPS) is 21.9. The summed E-state index contributed by atoms with van der Waals surface area (Å²) in [6, 6.07) is 0. The number of thiocarbonyl (C=S) groups is 1. The minimum atomic E-state index is -6.98. The Morgan fingerprint density at radius 1 is 0.952 bits per heavy atom. The van der Waals surface area contributed by atoms with Gasteiger partial charge >= 0.3 is 23.9 Å². The van der Waals surface area contributed by atoms with E-state index in [1.165, 1.54) is 5.32 Å². The van der Waals surface area contributed by atoms with E-state index in [0.29, 0.717) is 0 Å². The molecule has 1 amide bonds. The van der Waals surface area contributed by atoms with Crippen molar-refractivity contribution in [2.45, 2.75) is 23.9 Å². The van der Waals surface area contributed by atoms with Crippen LogP contribution in [0.5, 0.6) is 0 Å².